The van der Waals surface area contributed by atoms with Gasteiger partial charge in [0.25, 0.3) is 0 Å². The molecule has 3 aliphatic heterocycles. The van der Waals surface area contributed by atoms with Gasteiger partial charge in [-0.05, 0) is 111 Å². The fourth-order valence-corrected chi connectivity index (χ4v) is 16.7. The van der Waals surface area contributed by atoms with Crippen molar-refractivity contribution in [3.05, 3.63) is 11.6 Å². The predicted molar refractivity (Wildman–Crippen MR) is 282 cm³/mol. The van der Waals surface area contributed by atoms with Gasteiger partial charge in [0.2, 0.25) is 12.2 Å². The number of esters is 1. The summed E-state index contributed by atoms with van der Waals surface area (Å²) in [4.78, 5) is 42.1. The van der Waals surface area contributed by atoms with Gasteiger partial charge in [-0.3, -0.25) is 9.59 Å². The lowest BCUT2D eigenvalue weighted by atomic mass is 9.33. The molecular formula is C59H97NO18. The molecule has 446 valence electrons. The fraction of sp³-hybridized carbons (Fsp3) is 0.915. The largest absolute Gasteiger partial charge is 0.432 e. The van der Waals surface area contributed by atoms with Crippen molar-refractivity contribution >= 4 is 18.2 Å². The van der Waals surface area contributed by atoms with Gasteiger partial charge in [0.1, 0.15) is 60.5 Å². The molecule has 19 nitrogen and oxygen atoms in total. The van der Waals surface area contributed by atoms with E-state index in [0.717, 1.165) is 56.8 Å². The summed E-state index contributed by atoms with van der Waals surface area (Å²) in [6, 6.07) is -1.32. The molecule has 19 heteroatoms. The molecule has 0 spiro atoms. The Morgan fingerprint density at radius 2 is 1.37 bits per heavy atom. The van der Waals surface area contributed by atoms with E-state index in [2.05, 4.69) is 52.9 Å². The Morgan fingerprint density at radius 1 is 0.718 bits per heavy atom. The molecule has 24 atom stereocenters. The number of nitrogens with one attached hydrogen (secondary N) is 1. The van der Waals surface area contributed by atoms with Crippen LogP contribution < -0.4 is 5.32 Å². The predicted octanol–water partition coefficient (Wildman–Crippen LogP) is 4.00. The summed E-state index contributed by atoms with van der Waals surface area (Å²) in [6.07, 6.45) is -5.05. The highest BCUT2D eigenvalue weighted by molar-refractivity contribution is 5.80. The van der Waals surface area contributed by atoms with Gasteiger partial charge in [0.05, 0.1) is 43.0 Å². The highest BCUT2D eigenvalue weighted by atomic mass is 16.8. The Morgan fingerprint density at radius 3 is 2.04 bits per heavy atom. The Labute approximate surface area is 461 Å². The van der Waals surface area contributed by atoms with Crippen molar-refractivity contribution in [3.8, 4) is 0 Å². The normalized spacial score (nSPS) is 48.0. The lowest BCUT2D eigenvalue weighted by molar-refractivity contribution is -0.370. The summed E-state index contributed by atoms with van der Waals surface area (Å²) < 4.78 is 36.5. The third-order valence-corrected chi connectivity index (χ3v) is 21.7. The monoisotopic (exact) mass is 1110 g/mol. The number of unbranched alkanes of at least 4 members (excludes halogenated alkanes) is 8. The average Bonchev–Trinajstić information content (AvgIpc) is 3.23. The molecule has 3 saturated heterocycles. The number of amides is 1. The number of hydrogen-bond acceptors (Lipinski definition) is 18. The second-order valence-corrected chi connectivity index (χ2v) is 26.9. The molecule has 0 radical (unpaired) electrons. The average molecular weight is 1110 g/mol. The number of allylic oxidation sites excluding steroid dienone is 2. The van der Waals surface area contributed by atoms with Gasteiger partial charge < -0.3 is 84.5 Å². The van der Waals surface area contributed by atoms with Crippen LogP contribution in [0.15, 0.2) is 11.6 Å². The van der Waals surface area contributed by atoms with Gasteiger partial charge in [0, 0.05) is 6.42 Å². The molecule has 0 aromatic heterocycles. The van der Waals surface area contributed by atoms with Crippen LogP contribution in [0.5, 0.6) is 0 Å². The van der Waals surface area contributed by atoms with Crippen LogP contribution in [-0.2, 0) is 42.8 Å². The topological polar surface area (TPSA) is 301 Å². The van der Waals surface area contributed by atoms with Crippen LogP contribution in [0.1, 0.15) is 177 Å². The van der Waals surface area contributed by atoms with E-state index in [1.54, 1.807) is 0 Å². The molecule has 0 aromatic carbocycles. The molecule has 3 heterocycles. The van der Waals surface area contributed by atoms with E-state index in [-0.39, 0.29) is 54.0 Å². The van der Waals surface area contributed by atoms with E-state index in [1.165, 1.54) is 32.6 Å². The summed E-state index contributed by atoms with van der Waals surface area (Å²) >= 11 is 0. The first-order valence-electron chi connectivity index (χ1n) is 29.7. The summed E-state index contributed by atoms with van der Waals surface area (Å²) in [6.45, 7) is 15.6. The first-order chi connectivity index (χ1) is 36.8. The summed E-state index contributed by atoms with van der Waals surface area (Å²) in [5.41, 5.74) is -2.78. The molecule has 0 aromatic rings. The van der Waals surface area contributed by atoms with E-state index >= 15 is 4.79 Å². The minimum atomic E-state index is -1.92. The second kappa shape index (κ2) is 24.2. The summed E-state index contributed by atoms with van der Waals surface area (Å²) in [7, 11) is 0. The molecule has 78 heavy (non-hydrogen) atoms. The summed E-state index contributed by atoms with van der Waals surface area (Å²) in [5.74, 6) is -1.64. The second-order valence-electron chi connectivity index (χ2n) is 26.9. The third-order valence-electron chi connectivity index (χ3n) is 21.7. The third kappa shape index (κ3) is 11.1. The number of aldehydes is 1. The van der Waals surface area contributed by atoms with Crippen LogP contribution >= 0.6 is 0 Å². The van der Waals surface area contributed by atoms with Crippen molar-refractivity contribution in [1.82, 2.24) is 5.32 Å². The standard InChI is InChI=1S/C59H97NO18/c1-9-10-11-12-13-14-15-16-17-18-41(66)60-42-36(29-61)75-52(49(44(42)68)77-51-47(71)45(69)48(32(2)74-51)76-50-46(70)43(67)35(63)30-73-50)78-53(72)59-26-25-54(3,4)27-34(59)33-19-20-38-55(5)23-22-39(64)56(6,31-62)37(55)21-24-57(38,7)58(33,8)28-40(59)65/h19,31-32,34-40,42-52,61,63-65,67-71H,9-18,20-30H2,1-8H3,(H,60,66)/t32?,34?,35-,36?,37-,38?,39+,40?,42+,43?,44?,45?,46?,47?,48+,49?,50+,51+,52+,55?,56-,57+,58-,59-/m1/s1. The molecule has 7 fully saturated rings. The van der Waals surface area contributed by atoms with Gasteiger partial charge in [-0.15, -0.1) is 0 Å². The van der Waals surface area contributed by atoms with Crippen molar-refractivity contribution in [1.29, 1.82) is 0 Å². The number of aliphatic hydroxyl groups is 9. The van der Waals surface area contributed by atoms with Gasteiger partial charge in [-0.25, -0.2) is 0 Å². The number of aliphatic hydroxyl groups excluding tert-OH is 9. The van der Waals surface area contributed by atoms with Crippen LogP contribution in [0.2, 0.25) is 0 Å². The quantitative estimate of drug-likeness (QED) is 0.0378. The molecule has 4 saturated carbocycles. The highest BCUT2D eigenvalue weighted by Crippen LogP contribution is 2.76. The number of hydrogen-bond donors (Lipinski definition) is 10. The summed E-state index contributed by atoms with van der Waals surface area (Å²) in [5, 5.41) is 104. The lowest BCUT2D eigenvalue weighted by Gasteiger charge is -2.71. The van der Waals surface area contributed by atoms with Gasteiger partial charge in [-0.1, -0.05) is 111 Å². The van der Waals surface area contributed by atoms with Crippen LogP contribution in [0.25, 0.3) is 0 Å². The number of carbonyl (C=O) groups is 3. The van der Waals surface area contributed by atoms with Crippen LogP contribution in [0.3, 0.4) is 0 Å². The van der Waals surface area contributed by atoms with Crippen molar-refractivity contribution in [2.24, 2.45) is 50.2 Å². The molecule has 10 N–H and O–H groups in total. The molecular weight excluding hydrogens is 1010 g/mol. The number of carbonyl (C=O) groups excluding carboxylic acids is 3. The van der Waals surface area contributed by atoms with E-state index in [0.29, 0.717) is 32.1 Å². The van der Waals surface area contributed by atoms with Gasteiger partial charge in [-0.2, -0.15) is 0 Å². The Kier molecular flexibility index (Phi) is 19.2. The van der Waals surface area contributed by atoms with E-state index in [4.69, 9.17) is 28.4 Å². The number of fused-ring (bicyclic) bond motifs is 7. The Balaban J connectivity index is 1.06. The molecule has 0 bridgehead atoms. The van der Waals surface area contributed by atoms with Crippen molar-refractivity contribution in [2.75, 3.05) is 13.2 Å². The SMILES string of the molecule is CCCCCCCCCCCC(=O)N[C@H]1C(CO)O[C@@H](OC(=O)[C@]23CCC(C)(C)CC2C2=CCC4C5(C)CC[C@H](O)[C@](C)(C=O)[C@@H]5CC[C@]4(C)[C@]2(C)CC3O)C(O[C@@H]2OC(C)[C@H](O[C@@H]3OC[C@@H](O)C(O)C3O)C(O)C2O)C1O. The minimum absolute atomic E-state index is 0.0344. The zero-order valence-electron chi connectivity index (χ0n) is 47.7. The molecule has 8 rings (SSSR count). The zero-order chi connectivity index (χ0) is 56.9. The Hall–Kier alpha value is -2.21. The van der Waals surface area contributed by atoms with Crippen LogP contribution in [-0.4, -0.2) is 175 Å². The first kappa shape index (κ1) is 61.9. The maximum Gasteiger partial charge on any atom is 0.317 e. The van der Waals surface area contributed by atoms with Gasteiger partial charge in [0.15, 0.2) is 18.7 Å². The van der Waals surface area contributed by atoms with E-state index < -0.39 is 139 Å². The Bertz CT molecular complexity index is 2110. The van der Waals surface area contributed by atoms with Crippen molar-refractivity contribution in [2.45, 2.75) is 276 Å². The number of ether oxygens (including phenoxy) is 6. The molecule has 1 amide bonds. The van der Waals surface area contributed by atoms with Crippen molar-refractivity contribution < 1.29 is 88.8 Å². The van der Waals surface area contributed by atoms with E-state index in [9.17, 15) is 55.5 Å². The van der Waals surface area contributed by atoms with Gasteiger partial charge >= 0.3 is 5.97 Å². The molecule has 12 unspecified atom stereocenters. The van der Waals surface area contributed by atoms with Crippen molar-refractivity contribution in [3.63, 3.8) is 0 Å². The maximum atomic E-state index is 15.7. The van der Waals surface area contributed by atoms with Crippen LogP contribution in [0.4, 0.5) is 0 Å². The first-order valence-corrected chi connectivity index (χ1v) is 29.7. The number of rotatable bonds is 19. The maximum absolute atomic E-state index is 15.7. The molecule has 5 aliphatic carbocycles. The van der Waals surface area contributed by atoms with Crippen LogP contribution in [0, 0.1) is 50.2 Å². The fourth-order valence-electron chi connectivity index (χ4n) is 16.7. The molecule has 8 aliphatic rings. The smallest absolute Gasteiger partial charge is 0.317 e. The van der Waals surface area contributed by atoms with E-state index in [1.807, 2.05) is 6.92 Å². The zero-order valence-corrected chi connectivity index (χ0v) is 47.7. The highest BCUT2D eigenvalue weighted by Gasteiger charge is 2.72. The minimum Gasteiger partial charge on any atom is -0.432 e. The lowest BCUT2D eigenvalue weighted by Crippen LogP contribution is -2.69.